The van der Waals surface area contributed by atoms with Crippen LogP contribution in [0, 0.1) is 5.92 Å². The van der Waals surface area contributed by atoms with Crippen LogP contribution in [-0.4, -0.2) is 40.0 Å². The van der Waals surface area contributed by atoms with Crippen LogP contribution in [0.3, 0.4) is 0 Å². The highest BCUT2D eigenvalue weighted by Gasteiger charge is 2.53. The van der Waals surface area contributed by atoms with Crippen LogP contribution < -0.4 is 5.32 Å². The lowest BCUT2D eigenvalue weighted by Gasteiger charge is -2.41. The zero-order valence-corrected chi connectivity index (χ0v) is 10.4. The summed E-state index contributed by atoms with van der Waals surface area (Å²) in [5.41, 5.74) is -1.33. The van der Waals surface area contributed by atoms with Gasteiger partial charge in [-0.05, 0) is 31.6 Å². The number of carbonyl (C=O) groups is 3. The van der Waals surface area contributed by atoms with E-state index in [9.17, 15) is 19.5 Å². The Morgan fingerprint density at radius 2 is 2.06 bits per heavy atom. The molecule has 0 atom stereocenters. The van der Waals surface area contributed by atoms with Gasteiger partial charge in [0.2, 0.25) is 0 Å². The molecule has 6 nitrogen and oxygen atoms in total. The van der Waals surface area contributed by atoms with Crippen molar-refractivity contribution in [3.63, 3.8) is 0 Å². The largest absolute Gasteiger partial charge is 0.479 e. The first-order valence-electron chi connectivity index (χ1n) is 6.35. The second-order valence-electron chi connectivity index (χ2n) is 5.08. The molecular weight excluding hydrogens is 236 g/mol. The molecule has 0 unspecified atom stereocenters. The number of hydrogen-bond acceptors (Lipinski definition) is 3. The SMILES string of the molecule is CCC1CCC(C(=O)O)(N2C(=O)CNC2=O)CC1. The van der Waals surface area contributed by atoms with Crippen LogP contribution in [0.25, 0.3) is 0 Å². The van der Waals surface area contributed by atoms with Gasteiger partial charge < -0.3 is 10.4 Å². The maximum Gasteiger partial charge on any atom is 0.330 e. The predicted octanol–water partition coefficient (Wildman–Crippen LogP) is 0.962. The van der Waals surface area contributed by atoms with Crippen molar-refractivity contribution in [3.8, 4) is 0 Å². The number of hydrogen-bond donors (Lipinski definition) is 2. The average molecular weight is 254 g/mol. The van der Waals surface area contributed by atoms with E-state index in [1.807, 2.05) is 0 Å². The highest BCUT2D eigenvalue weighted by atomic mass is 16.4. The average Bonchev–Trinajstić information content (AvgIpc) is 2.69. The number of urea groups is 1. The Hall–Kier alpha value is -1.59. The monoisotopic (exact) mass is 254 g/mol. The quantitative estimate of drug-likeness (QED) is 0.734. The molecule has 0 bridgehead atoms. The fourth-order valence-corrected chi connectivity index (χ4v) is 2.95. The molecule has 3 amide bonds. The van der Waals surface area contributed by atoms with E-state index in [2.05, 4.69) is 12.2 Å². The zero-order valence-electron chi connectivity index (χ0n) is 10.4. The van der Waals surface area contributed by atoms with Crippen LogP contribution in [0.1, 0.15) is 39.0 Å². The summed E-state index contributed by atoms with van der Waals surface area (Å²) < 4.78 is 0. The molecule has 1 heterocycles. The lowest BCUT2D eigenvalue weighted by atomic mass is 9.74. The molecule has 2 fully saturated rings. The van der Waals surface area contributed by atoms with E-state index in [1.165, 1.54) is 0 Å². The van der Waals surface area contributed by atoms with Gasteiger partial charge in [-0.2, -0.15) is 0 Å². The van der Waals surface area contributed by atoms with Crippen LogP contribution in [0.2, 0.25) is 0 Å². The summed E-state index contributed by atoms with van der Waals surface area (Å²) in [6.07, 6.45) is 3.23. The van der Waals surface area contributed by atoms with Crippen molar-refractivity contribution >= 4 is 17.9 Å². The smallest absolute Gasteiger partial charge is 0.330 e. The van der Waals surface area contributed by atoms with Crippen molar-refractivity contribution in [3.05, 3.63) is 0 Å². The molecule has 1 saturated carbocycles. The molecule has 1 aliphatic carbocycles. The topological polar surface area (TPSA) is 86.7 Å². The Kier molecular flexibility index (Phi) is 3.28. The summed E-state index contributed by atoms with van der Waals surface area (Å²) in [5, 5.41) is 11.9. The lowest BCUT2D eigenvalue weighted by molar-refractivity contribution is -0.157. The summed E-state index contributed by atoms with van der Waals surface area (Å²) in [7, 11) is 0. The van der Waals surface area contributed by atoms with E-state index < -0.39 is 23.4 Å². The van der Waals surface area contributed by atoms with Crippen LogP contribution >= 0.6 is 0 Å². The zero-order chi connectivity index (χ0) is 13.3. The van der Waals surface area contributed by atoms with Crippen molar-refractivity contribution in [2.45, 2.75) is 44.6 Å². The van der Waals surface area contributed by atoms with E-state index in [4.69, 9.17) is 0 Å². The molecule has 0 spiro atoms. The molecule has 6 heteroatoms. The minimum atomic E-state index is -1.33. The number of imide groups is 1. The third-order valence-electron chi connectivity index (χ3n) is 4.18. The van der Waals surface area contributed by atoms with Gasteiger partial charge in [-0.3, -0.25) is 4.79 Å². The molecule has 2 aliphatic rings. The van der Waals surface area contributed by atoms with Crippen LogP contribution in [0.4, 0.5) is 4.79 Å². The van der Waals surface area contributed by atoms with Gasteiger partial charge in [0.05, 0.1) is 6.54 Å². The third kappa shape index (κ3) is 1.85. The first-order chi connectivity index (χ1) is 8.51. The van der Waals surface area contributed by atoms with Gasteiger partial charge in [0.25, 0.3) is 5.91 Å². The molecule has 0 aromatic rings. The first-order valence-corrected chi connectivity index (χ1v) is 6.35. The van der Waals surface area contributed by atoms with Crippen LogP contribution in [0.15, 0.2) is 0 Å². The van der Waals surface area contributed by atoms with Crippen molar-refractivity contribution in [2.75, 3.05) is 6.54 Å². The Labute approximate surface area is 105 Å². The van der Waals surface area contributed by atoms with E-state index in [0.717, 1.165) is 24.2 Å². The van der Waals surface area contributed by atoms with E-state index in [1.54, 1.807) is 0 Å². The number of aliphatic carboxylic acids is 1. The Morgan fingerprint density at radius 1 is 1.44 bits per heavy atom. The molecule has 18 heavy (non-hydrogen) atoms. The molecule has 0 radical (unpaired) electrons. The minimum Gasteiger partial charge on any atom is -0.479 e. The fraction of sp³-hybridized carbons (Fsp3) is 0.750. The summed E-state index contributed by atoms with van der Waals surface area (Å²) >= 11 is 0. The molecule has 100 valence electrons. The number of amides is 3. The minimum absolute atomic E-state index is 0.0922. The number of nitrogens with one attached hydrogen (secondary N) is 1. The van der Waals surface area contributed by atoms with Crippen molar-refractivity contribution in [2.24, 2.45) is 5.92 Å². The first kappa shape index (κ1) is 12.9. The van der Waals surface area contributed by atoms with Gasteiger partial charge in [-0.25, -0.2) is 14.5 Å². The molecule has 2 rings (SSSR count). The van der Waals surface area contributed by atoms with E-state index in [-0.39, 0.29) is 6.54 Å². The Bertz CT molecular complexity index is 370. The van der Waals surface area contributed by atoms with E-state index >= 15 is 0 Å². The van der Waals surface area contributed by atoms with Gasteiger partial charge in [0.1, 0.15) is 5.54 Å². The van der Waals surface area contributed by atoms with Gasteiger partial charge >= 0.3 is 12.0 Å². The highest BCUT2D eigenvalue weighted by molar-refractivity contribution is 6.06. The number of rotatable bonds is 3. The highest BCUT2D eigenvalue weighted by Crippen LogP contribution is 2.39. The Balaban J connectivity index is 2.26. The summed E-state index contributed by atoms with van der Waals surface area (Å²) in [6, 6.07) is -0.572. The Morgan fingerprint density at radius 3 is 2.44 bits per heavy atom. The summed E-state index contributed by atoms with van der Waals surface area (Å²) in [5.74, 6) is -1.00. The van der Waals surface area contributed by atoms with Crippen LogP contribution in [0.5, 0.6) is 0 Å². The number of carboxylic acid groups (broad SMARTS) is 1. The van der Waals surface area contributed by atoms with Crippen molar-refractivity contribution in [1.29, 1.82) is 0 Å². The number of carboxylic acids is 1. The molecule has 2 N–H and O–H groups in total. The second-order valence-corrected chi connectivity index (χ2v) is 5.08. The number of carbonyl (C=O) groups excluding carboxylic acids is 2. The maximum absolute atomic E-state index is 11.7. The lowest BCUT2D eigenvalue weighted by Crippen LogP contribution is -2.59. The third-order valence-corrected chi connectivity index (χ3v) is 4.18. The van der Waals surface area contributed by atoms with Crippen molar-refractivity contribution in [1.82, 2.24) is 10.2 Å². The fourth-order valence-electron chi connectivity index (χ4n) is 2.95. The van der Waals surface area contributed by atoms with Crippen molar-refractivity contribution < 1.29 is 19.5 Å². The van der Waals surface area contributed by atoms with Gasteiger partial charge in [0, 0.05) is 0 Å². The van der Waals surface area contributed by atoms with Gasteiger partial charge in [-0.1, -0.05) is 13.3 Å². The summed E-state index contributed by atoms with van der Waals surface area (Å²) in [4.78, 5) is 35.9. The van der Waals surface area contributed by atoms with Gasteiger partial charge in [0.15, 0.2) is 0 Å². The standard InChI is InChI=1S/C12H18N2O4/c1-2-8-3-5-12(6-4-8,10(16)17)14-9(15)7-13-11(14)18/h8H,2-7H2,1H3,(H,13,18)(H,16,17). The molecule has 1 aliphatic heterocycles. The van der Waals surface area contributed by atoms with Gasteiger partial charge in [-0.15, -0.1) is 0 Å². The molecule has 0 aromatic heterocycles. The van der Waals surface area contributed by atoms with Crippen LogP contribution in [-0.2, 0) is 9.59 Å². The summed E-state index contributed by atoms with van der Waals surface area (Å²) in [6.45, 7) is 1.98. The normalized spacial score (nSPS) is 32.5. The maximum atomic E-state index is 11.7. The molecular formula is C12H18N2O4. The molecule has 0 aromatic carbocycles. The predicted molar refractivity (Wildman–Crippen MR) is 62.9 cm³/mol. The molecule has 1 saturated heterocycles. The number of nitrogens with zero attached hydrogens (tertiary/aromatic N) is 1. The van der Waals surface area contributed by atoms with E-state index in [0.29, 0.717) is 18.8 Å². The second kappa shape index (κ2) is 4.59.